The van der Waals surface area contributed by atoms with Gasteiger partial charge in [-0.2, -0.15) is 0 Å². The molecule has 0 saturated carbocycles. The maximum atomic E-state index is 2.48. The summed E-state index contributed by atoms with van der Waals surface area (Å²) in [6, 6.07) is 22.3. The van der Waals surface area contributed by atoms with Gasteiger partial charge in [0.15, 0.2) is 0 Å². The molecule has 2 aromatic rings. The van der Waals surface area contributed by atoms with E-state index in [0.29, 0.717) is 0 Å². The van der Waals surface area contributed by atoms with Crippen LogP contribution in [-0.2, 0) is 0 Å². The molecule has 124 valence electrons. The summed E-state index contributed by atoms with van der Waals surface area (Å²) < 4.78 is 0. The van der Waals surface area contributed by atoms with Gasteiger partial charge in [-0.05, 0) is 74.3 Å². The molecule has 2 aliphatic rings. The first-order chi connectivity index (χ1) is 12.4. The summed E-state index contributed by atoms with van der Waals surface area (Å²) in [6.07, 6.45) is 19.0. The van der Waals surface area contributed by atoms with Gasteiger partial charge >= 0.3 is 0 Å². The molecular formula is C24H24P+. The zero-order valence-electron chi connectivity index (χ0n) is 14.5. The van der Waals surface area contributed by atoms with Gasteiger partial charge in [0.1, 0.15) is 28.5 Å². The van der Waals surface area contributed by atoms with Crippen LogP contribution in [0.1, 0.15) is 25.7 Å². The van der Waals surface area contributed by atoms with Crippen LogP contribution in [0.3, 0.4) is 0 Å². The summed E-state index contributed by atoms with van der Waals surface area (Å²) in [4.78, 5) is 0. The van der Waals surface area contributed by atoms with Crippen molar-refractivity contribution in [1.29, 1.82) is 0 Å². The molecule has 1 heteroatoms. The van der Waals surface area contributed by atoms with Crippen LogP contribution < -0.4 is 10.6 Å². The van der Waals surface area contributed by atoms with Crippen LogP contribution in [0.5, 0.6) is 0 Å². The number of rotatable bonds is 4. The Morgan fingerprint density at radius 1 is 0.520 bits per heavy atom. The molecule has 4 rings (SSSR count). The van der Waals surface area contributed by atoms with E-state index in [0.717, 1.165) is 25.7 Å². The van der Waals surface area contributed by atoms with Gasteiger partial charge in [-0.25, -0.2) is 0 Å². The Kier molecular flexibility index (Phi) is 4.81. The van der Waals surface area contributed by atoms with Gasteiger partial charge in [-0.1, -0.05) is 48.6 Å². The van der Waals surface area contributed by atoms with Crippen molar-refractivity contribution in [2.45, 2.75) is 25.7 Å². The molecule has 25 heavy (non-hydrogen) atoms. The van der Waals surface area contributed by atoms with Gasteiger partial charge in [0.05, 0.1) is 0 Å². The van der Waals surface area contributed by atoms with E-state index in [1.807, 2.05) is 0 Å². The Bertz CT molecular complexity index is 765. The van der Waals surface area contributed by atoms with E-state index in [1.54, 1.807) is 0 Å². The van der Waals surface area contributed by atoms with Crippen molar-refractivity contribution in [2.24, 2.45) is 0 Å². The predicted molar refractivity (Wildman–Crippen MR) is 112 cm³/mol. The normalized spacial score (nSPS) is 17.1. The molecule has 0 spiro atoms. The molecule has 0 bridgehead atoms. The van der Waals surface area contributed by atoms with E-state index in [2.05, 4.69) is 97.1 Å². The molecule has 0 nitrogen and oxygen atoms in total. The van der Waals surface area contributed by atoms with E-state index < -0.39 is 7.26 Å². The average Bonchev–Trinajstić information content (AvgIpc) is 2.72. The Labute approximate surface area is 151 Å². The number of hydrogen-bond donors (Lipinski definition) is 0. The third kappa shape index (κ3) is 2.96. The zero-order valence-corrected chi connectivity index (χ0v) is 15.4. The van der Waals surface area contributed by atoms with E-state index in [4.69, 9.17) is 0 Å². The third-order valence-corrected chi connectivity index (χ3v) is 9.37. The van der Waals surface area contributed by atoms with Gasteiger partial charge < -0.3 is 0 Å². The summed E-state index contributed by atoms with van der Waals surface area (Å²) in [5.41, 5.74) is 0. The predicted octanol–water partition coefficient (Wildman–Crippen LogP) is 6.12. The second-order valence-electron chi connectivity index (χ2n) is 6.56. The molecule has 2 aliphatic carbocycles. The van der Waals surface area contributed by atoms with Crippen LogP contribution in [0.4, 0.5) is 0 Å². The highest BCUT2D eigenvalue weighted by Crippen LogP contribution is 2.71. The first-order valence-corrected chi connectivity index (χ1v) is 11.0. The summed E-state index contributed by atoms with van der Waals surface area (Å²) in [7, 11) is -1.80. The fourth-order valence-electron chi connectivity index (χ4n) is 3.89. The first kappa shape index (κ1) is 16.3. The van der Waals surface area contributed by atoms with Crippen molar-refractivity contribution >= 4 is 17.9 Å². The van der Waals surface area contributed by atoms with Crippen LogP contribution in [0, 0.1) is 0 Å². The summed E-state index contributed by atoms with van der Waals surface area (Å²) in [5.74, 6) is 0. The monoisotopic (exact) mass is 343 g/mol. The van der Waals surface area contributed by atoms with Crippen molar-refractivity contribution in [2.75, 3.05) is 0 Å². The molecule has 0 radical (unpaired) electrons. The molecule has 0 amide bonds. The van der Waals surface area contributed by atoms with E-state index in [-0.39, 0.29) is 0 Å². The maximum absolute atomic E-state index is 2.48. The quantitative estimate of drug-likeness (QED) is 0.586. The van der Waals surface area contributed by atoms with Gasteiger partial charge in [-0.3, -0.25) is 0 Å². The van der Waals surface area contributed by atoms with E-state index in [9.17, 15) is 0 Å². The molecule has 0 atom stereocenters. The minimum atomic E-state index is -1.80. The average molecular weight is 343 g/mol. The standard InChI is InChI=1S/C24H24P/c1-5-13-21(14-6-1)25(22-15-7-2-8-16-22,23-17-9-3-10-18-23)24-19-11-4-12-20-24/h1-2,5-9,11,13-20H,3-4,10,12H2/q+1. The molecule has 0 N–H and O–H groups in total. The summed E-state index contributed by atoms with van der Waals surface area (Å²) >= 11 is 0. The van der Waals surface area contributed by atoms with Gasteiger partial charge in [-0.15, -0.1) is 0 Å². The number of hydrogen-bond acceptors (Lipinski definition) is 0. The maximum Gasteiger partial charge on any atom is 0.143 e. The Hall–Kier alpha value is -2.17. The largest absolute Gasteiger partial charge is 0.143 e. The lowest BCUT2D eigenvalue weighted by molar-refractivity contribution is 1.03. The number of allylic oxidation sites excluding steroid dienone is 8. The molecular weight excluding hydrogens is 319 g/mol. The van der Waals surface area contributed by atoms with Crippen molar-refractivity contribution in [3.63, 3.8) is 0 Å². The lowest BCUT2D eigenvalue weighted by atomic mass is 10.2. The molecule has 0 unspecified atom stereocenters. The van der Waals surface area contributed by atoms with Crippen LogP contribution in [0.15, 0.2) is 108 Å². The van der Waals surface area contributed by atoms with Crippen molar-refractivity contribution in [3.05, 3.63) is 108 Å². The van der Waals surface area contributed by atoms with Crippen molar-refractivity contribution in [1.82, 2.24) is 0 Å². The van der Waals surface area contributed by atoms with E-state index >= 15 is 0 Å². The van der Waals surface area contributed by atoms with Crippen LogP contribution in [0.2, 0.25) is 0 Å². The van der Waals surface area contributed by atoms with Crippen LogP contribution >= 0.6 is 7.26 Å². The second kappa shape index (κ2) is 7.38. The Balaban J connectivity index is 2.04. The van der Waals surface area contributed by atoms with Crippen LogP contribution in [0.25, 0.3) is 0 Å². The van der Waals surface area contributed by atoms with E-state index in [1.165, 1.54) is 21.2 Å². The minimum absolute atomic E-state index is 1.14. The SMILES string of the molecule is C1=CC([P+](C2=CCCC=C2)(c2ccccc2)c2ccccc2)=CCC1. The summed E-state index contributed by atoms with van der Waals surface area (Å²) in [6.45, 7) is 0. The summed E-state index contributed by atoms with van der Waals surface area (Å²) in [5, 5.41) is 5.93. The third-order valence-electron chi connectivity index (χ3n) is 5.01. The smallest absolute Gasteiger partial charge is 0.0803 e. The highest BCUT2D eigenvalue weighted by atomic mass is 31.2. The molecule has 0 aliphatic heterocycles. The number of benzene rings is 2. The van der Waals surface area contributed by atoms with Crippen molar-refractivity contribution in [3.8, 4) is 0 Å². The van der Waals surface area contributed by atoms with Crippen LogP contribution in [-0.4, -0.2) is 0 Å². The molecule has 0 aromatic heterocycles. The highest BCUT2D eigenvalue weighted by Gasteiger charge is 2.49. The van der Waals surface area contributed by atoms with Crippen molar-refractivity contribution < 1.29 is 0 Å². The molecule has 2 aromatic carbocycles. The Morgan fingerprint density at radius 2 is 0.960 bits per heavy atom. The molecule has 0 saturated heterocycles. The highest BCUT2D eigenvalue weighted by molar-refractivity contribution is 7.96. The van der Waals surface area contributed by atoms with Gasteiger partial charge in [0.25, 0.3) is 0 Å². The fourth-order valence-corrected chi connectivity index (χ4v) is 8.39. The lowest BCUT2D eigenvalue weighted by Crippen LogP contribution is -2.25. The molecule has 0 heterocycles. The van der Waals surface area contributed by atoms with Gasteiger partial charge in [0.2, 0.25) is 0 Å². The first-order valence-electron chi connectivity index (χ1n) is 9.17. The Morgan fingerprint density at radius 3 is 1.32 bits per heavy atom. The fraction of sp³-hybridized carbons (Fsp3) is 0.167. The second-order valence-corrected chi connectivity index (χ2v) is 9.97. The topological polar surface area (TPSA) is 0 Å². The lowest BCUT2D eigenvalue weighted by Gasteiger charge is -2.30. The molecule has 0 fully saturated rings. The zero-order chi connectivity index (χ0) is 17.0. The van der Waals surface area contributed by atoms with Gasteiger partial charge in [0, 0.05) is 0 Å². The minimum Gasteiger partial charge on any atom is -0.0803 e.